The zero-order chi connectivity index (χ0) is 21.7. The normalized spacial score (nSPS) is 13.7. The molecule has 29 heavy (non-hydrogen) atoms. The lowest BCUT2D eigenvalue weighted by molar-refractivity contribution is -0.0941. The minimum Gasteiger partial charge on any atom is -0.166 e. The first-order valence-corrected chi connectivity index (χ1v) is 11.3. The van der Waals surface area contributed by atoms with Gasteiger partial charge in [0.25, 0.3) is 0 Å². The second kappa shape index (κ2) is 13.6. The third kappa shape index (κ3) is 12.6. The van der Waals surface area contributed by atoms with Crippen molar-refractivity contribution in [2.24, 2.45) is 0 Å². The van der Waals surface area contributed by atoms with Gasteiger partial charge in [-0.1, -0.05) is 41.0 Å². The molecular formula is C25H35F3S. The minimum atomic E-state index is -4.23. The lowest BCUT2D eigenvalue weighted by Gasteiger charge is -2.11. The fourth-order valence-electron chi connectivity index (χ4n) is 3.02. The molecule has 0 atom stereocenters. The van der Waals surface area contributed by atoms with Gasteiger partial charge in [-0.2, -0.15) is 24.5 Å². The maximum Gasteiger partial charge on any atom is 0.412 e. The van der Waals surface area contributed by atoms with E-state index >= 15 is 0 Å². The molecule has 0 amide bonds. The highest BCUT2D eigenvalue weighted by atomic mass is 32.1. The van der Waals surface area contributed by atoms with Gasteiger partial charge < -0.3 is 0 Å². The number of thiophene rings is 1. The van der Waals surface area contributed by atoms with Crippen LogP contribution in [-0.4, -0.2) is 6.18 Å². The zero-order valence-corrected chi connectivity index (χ0v) is 19.1. The van der Waals surface area contributed by atoms with E-state index in [1.165, 1.54) is 17.2 Å². The summed E-state index contributed by atoms with van der Waals surface area (Å²) in [6, 6.07) is 1.97. The van der Waals surface area contributed by atoms with Crippen LogP contribution in [0.2, 0.25) is 0 Å². The van der Waals surface area contributed by atoms with Gasteiger partial charge in [0.1, 0.15) is 0 Å². The Morgan fingerprint density at radius 1 is 0.828 bits per heavy atom. The minimum absolute atomic E-state index is 0.0576. The molecule has 1 heterocycles. The number of hydrogen-bond donors (Lipinski definition) is 0. The van der Waals surface area contributed by atoms with Gasteiger partial charge in [-0.3, -0.25) is 0 Å². The summed E-state index contributed by atoms with van der Waals surface area (Å²) in [6.07, 6.45) is 9.19. The molecule has 0 aromatic carbocycles. The number of rotatable bonds is 12. The van der Waals surface area contributed by atoms with Crippen LogP contribution >= 0.6 is 11.3 Å². The van der Waals surface area contributed by atoms with E-state index in [9.17, 15) is 13.2 Å². The fraction of sp³-hybridized carbons (Fsp3) is 0.520. The van der Waals surface area contributed by atoms with Crippen LogP contribution in [0.25, 0.3) is 0 Å². The molecule has 0 saturated heterocycles. The number of aryl methyl sites for hydroxylation is 1. The molecule has 0 spiro atoms. The SMILES string of the molecule is CC(C)=CCC/C(C)=C/CC/C(C)=C/CC/C(=C/CCc1ccsc1)C(F)(F)F. The first-order chi connectivity index (χ1) is 13.7. The average molecular weight is 425 g/mol. The van der Waals surface area contributed by atoms with Crippen LogP contribution < -0.4 is 0 Å². The quantitative estimate of drug-likeness (QED) is 0.293. The van der Waals surface area contributed by atoms with Gasteiger partial charge in [0.2, 0.25) is 0 Å². The monoisotopic (exact) mass is 424 g/mol. The van der Waals surface area contributed by atoms with Gasteiger partial charge in [0, 0.05) is 5.57 Å². The standard InChI is InChI=1S/C25H35F3S/c1-20(2)9-5-10-21(3)11-6-12-22(4)13-7-15-24(25(26,27)28)16-8-14-23-17-18-29-19-23/h9,11,13,16-19H,5-8,10,12,14-15H2,1-4H3/b21-11+,22-13+,24-16-. The second-order valence-corrected chi connectivity index (χ2v) is 8.68. The Labute approximate surface area is 178 Å². The van der Waals surface area contributed by atoms with Crippen LogP contribution in [0.15, 0.2) is 63.4 Å². The van der Waals surface area contributed by atoms with E-state index < -0.39 is 11.7 Å². The largest absolute Gasteiger partial charge is 0.412 e. The molecule has 0 aliphatic heterocycles. The summed E-state index contributed by atoms with van der Waals surface area (Å²) in [7, 11) is 0. The number of alkyl halides is 3. The van der Waals surface area contributed by atoms with Crippen molar-refractivity contribution in [2.75, 3.05) is 0 Å². The van der Waals surface area contributed by atoms with Crippen LogP contribution in [0, 0.1) is 0 Å². The molecule has 1 rings (SSSR count). The Morgan fingerprint density at radius 3 is 1.93 bits per heavy atom. The van der Waals surface area contributed by atoms with E-state index in [0.29, 0.717) is 19.3 Å². The van der Waals surface area contributed by atoms with E-state index in [4.69, 9.17) is 0 Å². The molecule has 162 valence electrons. The smallest absolute Gasteiger partial charge is 0.166 e. The van der Waals surface area contributed by atoms with Gasteiger partial charge in [0.15, 0.2) is 0 Å². The van der Waals surface area contributed by atoms with Crippen LogP contribution in [0.3, 0.4) is 0 Å². The number of halogens is 3. The predicted octanol–water partition coefficient (Wildman–Crippen LogP) is 9.37. The molecule has 0 nitrogen and oxygen atoms in total. The summed E-state index contributed by atoms with van der Waals surface area (Å²) in [5, 5.41) is 3.95. The van der Waals surface area contributed by atoms with E-state index in [-0.39, 0.29) is 6.42 Å². The van der Waals surface area contributed by atoms with Gasteiger partial charge in [-0.15, -0.1) is 0 Å². The highest BCUT2D eigenvalue weighted by molar-refractivity contribution is 7.07. The van der Waals surface area contributed by atoms with Gasteiger partial charge in [-0.25, -0.2) is 0 Å². The average Bonchev–Trinajstić information content (AvgIpc) is 3.12. The molecule has 0 fully saturated rings. The Kier molecular flexibility index (Phi) is 12.0. The van der Waals surface area contributed by atoms with Crippen LogP contribution in [0.1, 0.15) is 78.2 Å². The summed E-state index contributed by atoms with van der Waals surface area (Å²) < 4.78 is 39.8. The topological polar surface area (TPSA) is 0 Å². The lowest BCUT2D eigenvalue weighted by atomic mass is 10.0. The summed E-state index contributed by atoms with van der Waals surface area (Å²) in [6.45, 7) is 8.38. The highest BCUT2D eigenvalue weighted by Gasteiger charge is 2.32. The van der Waals surface area contributed by atoms with Crippen molar-refractivity contribution in [3.8, 4) is 0 Å². The van der Waals surface area contributed by atoms with Gasteiger partial charge in [0.05, 0.1) is 0 Å². The molecule has 0 saturated carbocycles. The molecule has 0 aliphatic rings. The Balaban J connectivity index is 2.42. The highest BCUT2D eigenvalue weighted by Crippen LogP contribution is 2.30. The molecule has 0 N–H and O–H groups in total. The summed E-state index contributed by atoms with van der Waals surface area (Å²) in [5.41, 5.74) is 4.59. The molecule has 1 aromatic rings. The molecule has 0 aliphatic carbocycles. The van der Waals surface area contributed by atoms with Gasteiger partial charge >= 0.3 is 6.18 Å². The first kappa shape index (κ1) is 25.5. The van der Waals surface area contributed by atoms with Crippen LogP contribution in [0.4, 0.5) is 13.2 Å². The molecule has 4 heteroatoms. The number of hydrogen-bond acceptors (Lipinski definition) is 1. The maximum absolute atomic E-state index is 13.3. The van der Waals surface area contributed by atoms with Crippen molar-refractivity contribution in [2.45, 2.75) is 85.2 Å². The van der Waals surface area contributed by atoms with E-state index in [1.54, 1.807) is 11.3 Å². The summed E-state index contributed by atoms with van der Waals surface area (Å²) in [5.74, 6) is 0. The van der Waals surface area contributed by atoms with E-state index in [1.807, 2.05) is 29.8 Å². The maximum atomic E-state index is 13.3. The van der Waals surface area contributed by atoms with Crippen molar-refractivity contribution in [3.05, 3.63) is 69.0 Å². The van der Waals surface area contributed by atoms with E-state index in [2.05, 4.69) is 32.9 Å². The molecule has 1 aromatic heterocycles. The first-order valence-electron chi connectivity index (χ1n) is 10.4. The van der Waals surface area contributed by atoms with Crippen molar-refractivity contribution in [3.63, 3.8) is 0 Å². The third-order valence-electron chi connectivity index (χ3n) is 4.80. The zero-order valence-electron chi connectivity index (χ0n) is 18.2. The van der Waals surface area contributed by atoms with Crippen molar-refractivity contribution in [1.29, 1.82) is 0 Å². The lowest BCUT2D eigenvalue weighted by Crippen LogP contribution is -2.12. The van der Waals surface area contributed by atoms with Crippen LogP contribution in [-0.2, 0) is 6.42 Å². The van der Waals surface area contributed by atoms with Gasteiger partial charge in [-0.05, 0) is 101 Å². The van der Waals surface area contributed by atoms with Crippen molar-refractivity contribution >= 4 is 11.3 Å². The van der Waals surface area contributed by atoms with E-state index in [0.717, 1.165) is 36.8 Å². The second-order valence-electron chi connectivity index (χ2n) is 7.90. The fourth-order valence-corrected chi connectivity index (χ4v) is 3.72. The summed E-state index contributed by atoms with van der Waals surface area (Å²) in [4.78, 5) is 0. The molecule has 0 unspecified atom stereocenters. The molecular weight excluding hydrogens is 389 g/mol. The molecule has 0 radical (unpaired) electrons. The number of allylic oxidation sites excluding steroid dienone is 8. The Morgan fingerprint density at radius 2 is 1.41 bits per heavy atom. The summed E-state index contributed by atoms with van der Waals surface area (Å²) >= 11 is 1.58. The predicted molar refractivity (Wildman–Crippen MR) is 121 cm³/mol. The van der Waals surface area contributed by atoms with Crippen molar-refractivity contribution in [1.82, 2.24) is 0 Å². The Hall–Kier alpha value is -1.55. The molecule has 0 bridgehead atoms. The van der Waals surface area contributed by atoms with Crippen molar-refractivity contribution < 1.29 is 13.2 Å². The van der Waals surface area contributed by atoms with Crippen LogP contribution in [0.5, 0.6) is 0 Å². The Bertz CT molecular complexity index is 697. The third-order valence-corrected chi connectivity index (χ3v) is 5.53.